The van der Waals surface area contributed by atoms with E-state index in [1.807, 2.05) is 30.3 Å². The summed E-state index contributed by atoms with van der Waals surface area (Å²) in [4.78, 5) is 0. The van der Waals surface area contributed by atoms with Crippen molar-refractivity contribution >= 4 is 0 Å². The number of benzene rings is 1. The molecular formula is C14H23NO. The molecule has 0 aliphatic heterocycles. The van der Waals surface area contributed by atoms with Gasteiger partial charge < -0.3 is 10.4 Å². The molecule has 0 aliphatic rings. The van der Waals surface area contributed by atoms with Crippen LogP contribution >= 0.6 is 0 Å². The van der Waals surface area contributed by atoms with Crippen LogP contribution in [0.15, 0.2) is 30.3 Å². The van der Waals surface area contributed by atoms with Crippen molar-refractivity contribution in [2.75, 3.05) is 13.2 Å². The van der Waals surface area contributed by atoms with E-state index in [0.717, 1.165) is 18.5 Å². The standard InChI is InChI=1S/C14H23NO/c1-14(2,3)9-10-15-13(11-16)12-7-5-4-6-8-12/h4-8,13,15-16H,9-11H2,1-3H3. The fourth-order valence-electron chi connectivity index (χ4n) is 1.59. The molecule has 0 saturated heterocycles. The van der Waals surface area contributed by atoms with Crippen LogP contribution in [0.2, 0.25) is 0 Å². The Labute approximate surface area is 98.7 Å². The van der Waals surface area contributed by atoms with Crippen molar-refractivity contribution in [2.24, 2.45) is 5.41 Å². The van der Waals surface area contributed by atoms with Gasteiger partial charge in [-0.25, -0.2) is 0 Å². The molecule has 16 heavy (non-hydrogen) atoms. The van der Waals surface area contributed by atoms with E-state index in [2.05, 4.69) is 26.1 Å². The molecule has 0 heterocycles. The van der Waals surface area contributed by atoms with Gasteiger partial charge in [-0.2, -0.15) is 0 Å². The van der Waals surface area contributed by atoms with Gasteiger partial charge in [0.1, 0.15) is 0 Å². The first kappa shape index (κ1) is 13.2. The molecule has 0 spiro atoms. The minimum atomic E-state index is 0.0588. The lowest BCUT2D eigenvalue weighted by Crippen LogP contribution is -2.27. The first-order chi connectivity index (χ1) is 7.53. The van der Waals surface area contributed by atoms with Crippen LogP contribution < -0.4 is 5.32 Å². The highest BCUT2D eigenvalue weighted by molar-refractivity contribution is 5.18. The summed E-state index contributed by atoms with van der Waals surface area (Å²) in [7, 11) is 0. The summed E-state index contributed by atoms with van der Waals surface area (Å²) in [6.45, 7) is 7.76. The molecule has 1 unspecified atom stereocenters. The second-order valence-electron chi connectivity index (χ2n) is 5.41. The highest BCUT2D eigenvalue weighted by atomic mass is 16.3. The quantitative estimate of drug-likeness (QED) is 0.801. The van der Waals surface area contributed by atoms with E-state index in [-0.39, 0.29) is 12.6 Å². The largest absolute Gasteiger partial charge is 0.394 e. The molecule has 2 heteroatoms. The average molecular weight is 221 g/mol. The number of nitrogens with one attached hydrogen (secondary N) is 1. The monoisotopic (exact) mass is 221 g/mol. The molecule has 1 aromatic rings. The van der Waals surface area contributed by atoms with Crippen LogP contribution in [0.5, 0.6) is 0 Å². The zero-order valence-corrected chi connectivity index (χ0v) is 10.5. The molecule has 90 valence electrons. The van der Waals surface area contributed by atoms with Gasteiger partial charge in [0.25, 0.3) is 0 Å². The predicted molar refractivity (Wildman–Crippen MR) is 68.3 cm³/mol. The molecular weight excluding hydrogens is 198 g/mol. The van der Waals surface area contributed by atoms with Crippen LogP contribution in [0.3, 0.4) is 0 Å². The van der Waals surface area contributed by atoms with Gasteiger partial charge in [0, 0.05) is 0 Å². The summed E-state index contributed by atoms with van der Waals surface area (Å²) in [5.74, 6) is 0. The second kappa shape index (κ2) is 6.02. The maximum atomic E-state index is 9.35. The Kier molecular flexibility index (Phi) is 4.97. The molecule has 0 fully saturated rings. The van der Waals surface area contributed by atoms with Crippen molar-refractivity contribution in [3.63, 3.8) is 0 Å². The number of rotatable bonds is 5. The van der Waals surface area contributed by atoms with Gasteiger partial charge in [-0.1, -0.05) is 51.1 Å². The Morgan fingerprint density at radius 2 is 1.81 bits per heavy atom. The van der Waals surface area contributed by atoms with Crippen molar-refractivity contribution in [1.82, 2.24) is 5.32 Å². The van der Waals surface area contributed by atoms with Gasteiger partial charge in [0.05, 0.1) is 12.6 Å². The zero-order valence-electron chi connectivity index (χ0n) is 10.5. The average Bonchev–Trinajstić information content (AvgIpc) is 2.24. The van der Waals surface area contributed by atoms with E-state index < -0.39 is 0 Å². The third kappa shape index (κ3) is 4.77. The fourth-order valence-corrected chi connectivity index (χ4v) is 1.59. The van der Waals surface area contributed by atoms with Gasteiger partial charge >= 0.3 is 0 Å². The maximum absolute atomic E-state index is 9.35. The summed E-state index contributed by atoms with van der Waals surface area (Å²) in [5, 5.41) is 12.7. The summed E-state index contributed by atoms with van der Waals surface area (Å²) in [6, 6.07) is 10.2. The Bertz CT molecular complexity index is 289. The number of hydrogen-bond donors (Lipinski definition) is 2. The van der Waals surface area contributed by atoms with E-state index in [4.69, 9.17) is 0 Å². The summed E-state index contributed by atoms with van der Waals surface area (Å²) >= 11 is 0. The highest BCUT2D eigenvalue weighted by Gasteiger charge is 2.12. The normalized spacial score (nSPS) is 13.8. The molecule has 2 nitrogen and oxygen atoms in total. The van der Waals surface area contributed by atoms with E-state index >= 15 is 0 Å². The molecule has 0 radical (unpaired) electrons. The summed E-state index contributed by atoms with van der Waals surface area (Å²) in [6.07, 6.45) is 1.11. The van der Waals surface area contributed by atoms with Gasteiger partial charge in [-0.3, -0.25) is 0 Å². The molecule has 2 N–H and O–H groups in total. The molecule has 1 rings (SSSR count). The lowest BCUT2D eigenvalue weighted by atomic mass is 9.92. The Morgan fingerprint density at radius 1 is 1.19 bits per heavy atom. The molecule has 0 aliphatic carbocycles. The van der Waals surface area contributed by atoms with Gasteiger partial charge in [0.15, 0.2) is 0 Å². The van der Waals surface area contributed by atoms with Gasteiger partial charge in [-0.15, -0.1) is 0 Å². The van der Waals surface area contributed by atoms with E-state index in [0.29, 0.717) is 5.41 Å². The van der Waals surface area contributed by atoms with E-state index in [9.17, 15) is 5.11 Å². The lowest BCUT2D eigenvalue weighted by molar-refractivity contribution is 0.237. The minimum absolute atomic E-state index is 0.0588. The molecule has 1 atom stereocenters. The van der Waals surface area contributed by atoms with Crippen LogP contribution in [0, 0.1) is 5.41 Å². The third-order valence-electron chi connectivity index (χ3n) is 2.65. The lowest BCUT2D eigenvalue weighted by Gasteiger charge is -2.22. The van der Waals surface area contributed by atoms with Crippen molar-refractivity contribution in [1.29, 1.82) is 0 Å². The first-order valence-electron chi connectivity index (χ1n) is 5.92. The Morgan fingerprint density at radius 3 is 2.31 bits per heavy atom. The molecule has 0 bridgehead atoms. The minimum Gasteiger partial charge on any atom is -0.394 e. The van der Waals surface area contributed by atoms with Gasteiger partial charge in [-0.05, 0) is 23.9 Å². The second-order valence-corrected chi connectivity index (χ2v) is 5.41. The number of hydrogen-bond acceptors (Lipinski definition) is 2. The maximum Gasteiger partial charge on any atom is 0.0626 e. The molecule has 0 amide bonds. The SMILES string of the molecule is CC(C)(C)CCNC(CO)c1ccccc1. The van der Waals surface area contributed by atoms with Crippen molar-refractivity contribution in [3.05, 3.63) is 35.9 Å². The van der Waals surface area contributed by atoms with Crippen LogP contribution in [0.25, 0.3) is 0 Å². The van der Waals surface area contributed by atoms with Crippen LogP contribution in [-0.4, -0.2) is 18.3 Å². The molecule has 0 saturated carbocycles. The van der Waals surface area contributed by atoms with Crippen molar-refractivity contribution in [2.45, 2.75) is 33.2 Å². The first-order valence-corrected chi connectivity index (χ1v) is 5.92. The topological polar surface area (TPSA) is 32.3 Å². The van der Waals surface area contributed by atoms with Crippen molar-refractivity contribution < 1.29 is 5.11 Å². The van der Waals surface area contributed by atoms with Crippen LogP contribution in [-0.2, 0) is 0 Å². The van der Waals surface area contributed by atoms with Crippen LogP contribution in [0.1, 0.15) is 38.8 Å². The third-order valence-corrected chi connectivity index (χ3v) is 2.65. The van der Waals surface area contributed by atoms with Crippen molar-refractivity contribution in [3.8, 4) is 0 Å². The highest BCUT2D eigenvalue weighted by Crippen LogP contribution is 2.18. The van der Waals surface area contributed by atoms with Gasteiger partial charge in [0.2, 0.25) is 0 Å². The summed E-state index contributed by atoms with van der Waals surface area (Å²) < 4.78 is 0. The summed E-state index contributed by atoms with van der Waals surface area (Å²) in [5.41, 5.74) is 1.49. The van der Waals surface area contributed by atoms with E-state index in [1.54, 1.807) is 0 Å². The molecule has 0 aromatic heterocycles. The fraction of sp³-hybridized carbons (Fsp3) is 0.571. The Hall–Kier alpha value is -0.860. The zero-order chi connectivity index (χ0) is 12.0. The molecule has 1 aromatic carbocycles. The predicted octanol–water partition coefficient (Wildman–Crippen LogP) is 2.75. The number of aliphatic hydroxyl groups excluding tert-OH is 1. The number of aliphatic hydroxyl groups is 1. The van der Waals surface area contributed by atoms with Crippen LogP contribution in [0.4, 0.5) is 0 Å². The smallest absolute Gasteiger partial charge is 0.0626 e. The van der Waals surface area contributed by atoms with E-state index in [1.165, 1.54) is 0 Å². The Balaban J connectivity index is 2.45.